The van der Waals surface area contributed by atoms with Crippen molar-refractivity contribution in [1.29, 1.82) is 0 Å². The molecular formula is C12H17BrO3. The minimum absolute atomic E-state index is 0.155. The van der Waals surface area contributed by atoms with Crippen molar-refractivity contribution in [2.75, 3.05) is 13.2 Å². The van der Waals surface area contributed by atoms with Gasteiger partial charge in [-0.2, -0.15) is 0 Å². The maximum atomic E-state index is 10.1. The van der Waals surface area contributed by atoms with E-state index in [2.05, 4.69) is 28.9 Å². The fraction of sp³-hybridized carbons (Fsp3) is 0.833. The number of rotatable bonds is 1. The molecule has 2 bridgehead atoms. The zero-order chi connectivity index (χ0) is 11.6. The lowest BCUT2D eigenvalue weighted by Gasteiger charge is -2.36. The van der Waals surface area contributed by atoms with Gasteiger partial charge in [-0.15, -0.1) is 0 Å². The maximum Gasteiger partial charge on any atom is 0.175 e. The summed E-state index contributed by atoms with van der Waals surface area (Å²) in [7, 11) is 0. The molecule has 0 radical (unpaired) electrons. The maximum absolute atomic E-state index is 10.1. The van der Waals surface area contributed by atoms with Gasteiger partial charge in [0.05, 0.1) is 19.3 Å². The summed E-state index contributed by atoms with van der Waals surface area (Å²) in [5.74, 6) is 0.00528. The Morgan fingerprint density at radius 2 is 2.12 bits per heavy atom. The van der Waals surface area contributed by atoms with Gasteiger partial charge in [-0.1, -0.05) is 28.9 Å². The normalized spacial score (nSPS) is 46.4. The lowest BCUT2D eigenvalue weighted by molar-refractivity contribution is -0.186. The summed E-state index contributed by atoms with van der Waals surface area (Å²) in [5, 5.41) is 10.1. The standard InChI is InChI=1S/C12H17BrO3/c1-7(14)11(2)8-6-12(15-3-4-16-12)10(11)5-9(8)13/h5,7-8,10,14H,3-4,6H2,1-2H3/t7-,8-,10-,11-/m0/s1. The van der Waals surface area contributed by atoms with Crippen LogP contribution < -0.4 is 0 Å². The largest absolute Gasteiger partial charge is 0.393 e. The fourth-order valence-electron chi connectivity index (χ4n) is 3.62. The SMILES string of the molecule is C[C@H](O)[C@]1(C)[C@@H]2C=C(Br)[C@@H]1CC21OCCO1. The lowest BCUT2D eigenvalue weighted by atomic mass is 9.74. The summed E-state index contributed by atoms with van der Waals surface area (Å²) in [6, 6.07) is 0. The predicted molar refractivity (Wildman–Crippen MR) is 63.0 cm³/mol. The molecule has 2 aliphatic carbocycles. The van der Waals surface area contributed by atoms with E-state index in [4.69, 9.17) is 9.47 Å². The van der Waals surface area contributed by atoms with Crippen LogP contribution in [0.15, 0.2) is 10.6 Å². The van der Waals surface area contributed by atoms with Crippen LogP contribution in [0.2, 0.25) is 0 Å². The molecule has 4 heteroatoms. The van der Waals surface area contributed by atoms with Crippen LogP contribution in [0, 0.1) is 17.3 Å². The molecule has 3 aliphatic rings. The summed E-state index contributed by atoms with van der Waals surface area (Å²) in [5.41, 5.74) is -0.164. The van der Waals surface area contributed by atoms with Crippen molar-refractivity contribution in [3.05, 3.63) is 10.6 Å². The second-order valence-electron chi connectivity index (χ2n) is 5.34. The molecule has 1 heterocycles. The van der Waals surface area contributed by atoms with Crippen molar-refractivity contribution in [3.8, 4) is 0 Å². The molecule has 1 saturated carbocycles. The van der Waals surface area contributed by atoms with E-state index in [-0.39, 0.29) is 17.4 Å². The number of aliphatic hydroxyl groups is 1. The lowest BCUT2D eigenvalue weighted by Crippen LogP contribution is -2.42. The molecule has 1 saturated heterocycles. The van der Waals surface area contributed by atoms with Gasteiger partial charge in [0.1, 0.15) is 0 Å². The van der Waals surface area contributed by atoms with Crippen molar-refractivity contribution < 1.29 is 14.6 Å². The molecule has 0 amide bonds. The van der Waals surface area contributed by atoms with E-state index in [1.165, 1.54) is 4.48 Å². The van der Waals surface area contributed by atoms with E-state index in [0.29, 0.717) is 19.1 Å². The monoisotopic (exact) mass is 288 g/mol. The third-order valence-corrected chi connectivity index (χ3v) is 5.54. The van der Waals surface area contributed by atoms with Crippen molar-refractivity contribution in [3.63, 3.8) is 0 Å². The Morgan fingerprint density at radius 1 is 1.50 bits per heavy atom. The molecule has 0 unspecified atom stereocenters. The zero-order valence-corrected chi connectivity index (χ0v) is 11.2. The second kappa shape index (κ2) is 3.31. The van der Waals surface area contributed by atoms with Crippen LogP contribution in [0.25, 0.3) is 0 Å². The molecule has 0 aromatic carbocycles. The van der Waals surface area contributed by atoms with Crippen LogP contribution in [0.4, 0.5) is 0 Å². The quantitative estimate of drug-likeness (QED) is 0.803. The molecule has 1 N–H and O–H groups in total. The van der Waals surface area contributed by atoms with E-state index < -0.39 is 5.79 Å². The van der Waals surface area contributed by atoms with Crippen LogP contribution in [-0.4, -0.2) is 30.2 Å². The minimum Gasteiger partial charge on any atom is -0.393 e. The Labute approximate surface area is 104 Å². The molecular weight excluding hydrogens is 272 g/mol. The van der Waals surface area contributed by atoms with Gasteiger partial charge in [-0.25, -0.2) is 0 Å². The van der Waals surface area contributed by atoms with Gasteiger partial charge < -0.3 is 14.6 Å². The minimum atomic E-state index is -0.465. The molecule has 4 atom stereocenters. The summed E-state index contributed by atoms with van der Waals surface area (Å²) >= 11 is 3.61. The van der Waals surface area contributed by atoms with Gasteiger partial charge in [-0.05, 0) is 11.4 Å². The Bertz CT molecular complexity index is 346. The average Bonchev–Trinajstić information content (AvgIpc) is 2.84. The molecule has 0 aromatic rings. The van der Waals surface area contributed by atoms with Gasteiger partial charge in [0, 0.05) is 23.7 Å². The zero-order valence-electron chi connectivity index (χ0n) is 9.57. The van der Waals surface area contributed by atoms with Gasteiger partial charge in [-0.3, -0.25) is 0 Å². The number of aliphatic hydroxyl groups excluding tert-OH is 1. The highest BCUT2D eigenvalue weighted by molar-refractivity contribution is 9.11. The average molecular weight is 289 g/mol. The summed E-state index contributed by atoms with van der Waals surface area (Å²) in [6.07, 6.45) is 2.67. The van der Waals surface area contributed by atoms with Crippen molar-refractivity contribution >= 4 is 15.9 Å². The molecule has 90 valence electrons. The summed E-state index contributed by atoms with van der Waals surface area (Å²) in [4.78, 5) is 0. The van der Waals surface area contributed by atoms with Crippen molar-refractivity contribution in [2.45, 2.75) is 32.2 Å². The summed E-state index contributed by atoms with van der Waals surface area (Å²) in [6.45, 7) is 5.35. The number of ether oxygens (including phenoxy) is 2. The smallest absolute Gasteiger partial charge is 0.175 e. The van der Waals surface area contributed by atoms with E-state index in [1.54, 1.807) is 0 Å². The topological polar surface area (TPSA) is 38.7 Å². The van der Waals surface area contributed by atoms with E-state index >= 15 is 0 Å². The van der Waals surface area contributed by atoms with Gasteiger partial charge in [0.25, 0.3) is 0 Å². The Morgan fingerprint density at radius 3 is 2.62 bits per heavy atom. The number of hydrogen-bond acceptors (Lipinski definition) is 3. The van der Waals surface area contributed by atoms with Crippen molar-refractivity contribution in [2.24, 2.45) is 17.3 Å². The molecule has 1 aliphatic heterocycles. The highest BCUT2D eigenvalue weighted by Crippen LogP contribution is 2.65. The van der Waals surface area contributed by atoms with Crippen LogP contribution >= 0.6 is 15.9 Å². The van der Waals surface area contributed by atoms with Gasteiger partial charge >= 0.3 is 0 Å². The summed E-state index contributed by atoms with van der Waals surface area (Å²) < 4.78 is 12.9. The predicted octanol–water partition coefficient (Wildman–Crippen LogP) is 2.05. The van der Waals surface area contributed by atoms with Crippen LogP contribution in [0.1, 0.15) is 20.3 Å². The fourth-order valence-corrected chi connectivity index (χ4v) is 4.54. The Kier molecular flexibility index (Phi) is 2.32. The number of fused-ring (bicyclic) bond motifs is 3. The molecule has 3 rings (SSSR count). The molecule has 0 aromatic heterocycles. The second-order valence-corrected chi connectivity index (χ2v) is 6.25. The van der Waals surface area contributed by atoms with E-state index in [9.17, 15) is 5.11 Å². The molecule has 16 heavy (non-hydrogen) atoms. The molecule has 2 fully saturated rings. The number of allylic oxidation sites excluding steroid dienone is 1. The first-order valence-electron chi connectivity index (χ1n) is 5.84. The van der Waals surface area contributed by atoms with Gasteiger partial charge in [0.15, 0.2) is 5.79 Å². The third-order valence-electron chi connectivity index (χ3n) is 4.72. The number of hydrogen-bond donors (Lipinski definition) is 1. The molecule has 1 spiro atoms. The first-order valence-corrected chi connectivity index (χ1v) is 6.63. The van der Waals surface area contributed by atoms with E-state index in [1.807, 2.05) is 6.92 Å². The van der Waals surface area contributed by atoms with Crippen molar-refractivity contribution in [1.82, 2.24) is 0 Å². The van der Waals surface area contributed by atoms with Crippen LogP contribution in [0.5, 0.6) is 0 Å². The highest BCUT2D eigenvalue weighted by atomic mass is 79.9. The Balaban J connectivity index is 2.03. The van der Waals surface area contributed by atoms with Crippen LogP contribution in [0.3, 0.4) is 0 Å². The van der Waals surface area contributed by atoms with Crippen LogP contribution in [-0.2, 0) is 9.47 Å². The van der Waals surface area contributed by atoms with E-state index in [0.717, 1.165) is 6.42 Å². The Hall–Kier alpha value is 0.1000. The first-order chi connectivity index (χ1) is 7.51. The molecule has 3 nitrogen and oxygen atoms in total. The highest BCUT2D eigenvalue weighted by Gasteiger charge is 2.67. The number of halogens is 1. The third kappa shape index (κ3) is 1.14. The first kappa shape index (κ1) is 11.2. The van der Waals surface area contributed by atoms with Gasteiger partial charge in [0.2, 0.25) is 0 Å².